The highest BCUT2D eigenvalue weighted by molar-refractivity contribution is 8.04. The van der Waals surface area contributed by atoms with Gasteiger partial charge in [0.15, 0.2) is 11.0 Å². The molecule has 0 spiro atoms. The number of ether oxygens (including phenoxy) is 1. The number of rotatable bonds is 9. The fourth-order valence-electron chi connectivity index (χ4n) is 3.39. The number of hydrogen-bond acceptors (Lipinski definition) is 7. The molecular weight excluding hydrogens is 502 g/mol. The summed E-state index contributed by atoms with van der Waals surface area (Å²) in [5, 5.41) is 19.3. The summed E-state index contributed by atoms with van der Waals surface area (Å²) in [6.07, 6.45) is 1.44. The van der Waals surface area contributed by atoms with E-state index in [4.69, 9.17) is 20.8 Å². The van der Waals surface area contributed by atoms with Gasteiger partial charge in [0.05, 0.1) is 12.2 Å². The van der Waals surface area contributed by atoms with Crippen molar-refractivity contribution in [1.29, 1.82) is 0 Å². The molecule has 0 unspecified atom stereocenters. The third-order valence-corrected chi connectivity index (χ3v) is 6.38. The second-order valence-electron chi connectivity index (χ2n) is 7.47. The van der Waals surface area contributed by atoms with Crippen LogP contribution >= 0.6 is 23.4 Å². The highest BCUT2D eigenvalue weighted by Gasteiger charge is 2.19. The topological polar surface area (TPSA) is 107 Å². The van der Waals surface area contributed by atoms with Crippen LogP contribution in [-0.4, -0.2) is 38.4 Å². The van der Waals surface area contributed by atoms with Crippen LogP contribution in [0.3, 0.4) is 0 Å². The molecule has 0 saturated carbocycles. The number of furan rings is 1. The number of thioether (sulfide) groups is 1. The van der Waals surface area contributed by atoms with Crippen molar-refractivity contribution >= 4 is 41.4 Å². The zero-order chi connectivity index (χ0) is 25.7. The largest absolute Gasteiger partial charge is 0.477 e. The molecule has 0 bridgehead atoms. The van der Waals surface area contributed by atoms with Crippen LogP contribution in [0.1, 0.15) is 30.0 Å². The van der Waals surface area contributed by atoms with Crippen LogP contribution in [0.4, 0.5) is 0 Å². The Morgan fingerprint density at radius 1 is 1.03 bits per heavy atom. The van der Waals surface area contributed by atoms with E-state index in [0.717, 1.165) is 22.9 Å². The first-order valence-corrected chi connectivity index (χ1v) is 12.3. The minimum Gasteiger partial charge on any atom is -0.477 e. The van der Waals surface area contributed by atoms with E-state index < -0.39 is 11.9 Å². The summed E-state index contributed by atoms with van der Waals surface area (Å²) in [4.78, 5) is 23.9. The third kappa shape index (κ3) is 5.69. The van der Waals surface area contributed by atoms with Crippen LogP contribution < -0.4 is 0 Å². The van der Waals surface area contributed by atoms with Gasteiger partial charge < -0.3 is 18.8 Å². The van der Waals surface area contributed by atoms with Crippen LogP contribution in [0.15, 0.2) is 75.1 Å². The molecule has 2 aromatic heterocycles. The molecule has 0 aliphatic carbocycles. The molecule has 0 fully saturated rings. The van der Waals surface area contributed by atoms with Crippen LogP contribution in [0, 0.1) is 0 Å². The summed E-state index contributed by atoms with van der Waals surface area (Å²) in [6, 6.07) is 17.4. The van der Waals surface area contributed by atoms with E-state index in [-0.39, 0.29) is 4.91 Å². The van der Waals surface area contributed by atoms with Gasteiger partial charge in [-0.05, 0) is 74.1 Å². The van der Waals surface area contributed by atoms with Crippen LogP contribution in [0.2, 0.25) is 5.02 Å². The maximum absolute atomic E-state index is 12.0. The van der Waals surface area contributed by atoms with Crippen LogP contribution in [0.25, 0.3) is 28.8 Å². The summed E-state index contributed by atoms with van der Waals surface area (Å²) in [5.41, 5.74) is 2.01. The minimum atomic E-state index is -1.12. The zero-order valence-electron chi connectivity index (χ0n) is 19.5. The molecule has 2 aromatic carbocycles. The van der Waals surface area contributed by atoms with E-state index in [1.54, 1.807) is 55.5 Å². The second-order valence-corrected chi connectivity index (χ2v) is 8.92. The standard InChI is InChI=1S/C26H22ClN3O5S/c1-3-30-23(17-9-11-19(27)12-10-17)28-29-26(30)36-22(24(31)32)15-20-13-14-21(35-20)16-5-7-18(8-6-16)25(33)34-4-2/h5-15H,3-4H2,1-2H3,(H,31,32)/b22-15-. The van der Waals surface area contributed by atoms with Gasteiger partial charge in [-0.2, -0.15) is 0 Å². The molecule has 0 saturated heterocycles. The number of aliphatic carboxylic acids is 1. The first-order valence-electron chi connectivity index (χ1n) is 11.1. The lowest BCUT2D eigenvalue weighted by molar-refractivity contribution is -0.131. The number of esters is 1. The zero-order valence-corrected chi connectivity index (χ0v) is 21.0. The van der Waals surface area contributed by atoms with Crippen LogP contribution in [0.5, 0.6) is 0 Å². The number of carbonyl (C=O) groups excluding carboxylic acids is 1. The predicted octanol–water partition coefficient (Wildman–Crippen LogP) is 6.27. The SMILES string of the molecule is CCOC(=O)c1ccc(-c2ccc(/C=C(\Sc3nnc(-c4ccc(Cl)cc4)n3CC)C(=O)O)o2)cc1. The Balaban J connectivity index is 1.57. The molecule has 36 heavy (non-hydrogen) atoms. The lowest BCUT2D eigenvalue weighted by atomic mass is 10.1. The number of hydrogen-bond donors (Lipinski definition) is 1. The summed E-state index contributed by atoms with van der Waals surface area (Å²) in [5.74, 6) is 0.00999. The fraction of sp³-hybridized carbons (Fsp3) is 0.154. The maximum Gasteiger partial charge on any atom is 0.342 e. The minimum absolute atomic E-state index is 0.0262. The molecule has 1 N–H and O–H groups in total. The molecule has 0 radical (unpaired) electrons. The summed E-state index contributed by atoms with van der Waals surface area (Å²) in [7, 11) is 0. The summed E-state index contributed by atoms with van der Waals surface area (Å²) in [6.45, 7) is 4.53. The monoisotopic (exact) mass is 523 g/mol. The summed E-state index contributed by atoms with van der Waals surface area (Å²) >= 11 is 6.97. The molecule has 0 aliphatic heterocycles. The average molecular weight is 524 g/mol. The fourth-order valence-corrected chi connectivity index (χ4v) is 4.39. The van der Waals surface area contributed by atoms with Crippen molar-refractivity contribution in [3.8, 4) is 22.7 Å². The number of aromatic nitrogens is 3. The Kier molecular flexibility index (Phi) is 7.92. The van der Waals surface area contributed by atoms with Gasteiger partial charge in [-0.3, -0.25) is 0 Å². The lowest BCUT2D eigenvalue weighted by Crippen LogP contribution is -2.03. The summed E-state index contributed by atoms with van der Waals surface area (Å²) < 4.78 is 12.7. The second kappa shape index (κ2) is 11.3. The van der Waals surface area contributed by atoms with Gasteiger partial charge in [-0.25, -0.2) is 9.59 Å². The van der Waals surface area contributed by atoms with Crippen molar-refractivity contribution in [2.45, 2.75) is 25.5 Å². The number of halogens is 1. The van der Waals surface area contributed by atoms with Gasteiger partial charge in [0.1, 0.15) is 16.4 Å². The third-order valence-electron chi connectivity index (χ3n) is 5.13. The van der Waals surface area contributed by atoms with Gasteiger partial charge in [0, 0.05) is 28.8 Å². The van der Waals surface area contributed by atoms with Crippen molar-refractivity contribution < 1.29 is 23.8 Å². The quantitative estimate of drug-likeness (QED) is 0.155. The van der Waals surface area contributed by atoms with Gasteiger partial charge >= 0.3 is 11.9 Å². The Hall–Kier alpha value is -3.82. The van der Waals surface area contributed by atoms with E-state index >= 15 is 0 Å². The molecule has 0 amide bonds. The van der Waals surface area contributed by atoms with Gasteiger partial charge in [0.25, 0.3) is 0 Å². The Morgan fingerprint density at radius 2 is 1.72 bits per heavy atom. The molecule has 4 rings (SSSR count). The smallest absolute Gasteiger partial charge is 0.342 e. The predicted molar refractivity (Wildman–Crippen MR) is 138 cm³/mol. The van der Waals surface area contributed by atoms with E-state index in [0.29, 0.717) is 46.2 Å². The first-order chi connectivity index (χ1) is 17.4. The van der Waals surface area contributed by atoms with Crippen molar-refractivity contribution in [2.75, 3.05) is 6.61 Å². The molecule has 184 valence electrons. The molecule has 4 aromatic rings. The number of carboxylic acid groups (broad SMARTS) is 1. The van der Waals surface area contributed by atoms with Gasteiger partial charge in [-0.1, -0.05) is 23.7 Å². The van der Waals surface area contributed by atoms with Crippen molar-refractivity contribution in [3.05, 3.63) is 81.9 Å². The molecule has 0 aliphatic rings. The van der Waals surface area contributed by atoms with Crippen LogP contribution in [-0.2, 0) is 16.1 Å². The molecular formula is C26H22ClN3O5S. The number of benzene rings is 2. The van der Waals surface area contributed by atoms with E-state index in [1.807, 2.05) is 23.6 Å². The van der Waals surface area contributed by atoms with Gasteiger partial charge in [-0.15, -0.1) is 10.2 Å². The normalized spacial score (nSPS) is 11.5. The van der Waals surface area contributed by atoms with Gasteiger partial charge in [0.2, 0.25) is 0 Å². The molecule has 10 heteroatoms. The molecule has 8 nitrogen and oxygen atoms in total. The maximum atomic E-state index is 12.0. The van der Waals surface area contributed by atoms with E-state index in [2.05, 4.69) is 10.2 Å². The lowest BCUT2D eigenvalue weighted by Gasteiger charge is -2.07. The number of nitrogens with zero attached hydrogens (tertiary/aromatic N) is 3. The van der Waals surface area contributed by atoms with Crippen molar-refractivity contribution in [1.82, 2.24) is 14.8 Å². The highest BCUT2D eigenvalue weighted by atomic mass is 35.5. The number of carbonyl (C=O) groups is 2. The average Bonchev–Trinajstić information content (AvgIpc) is 3.51. The van der Waals surface area contributed by atoms with E-state index in [1.165, 1.54) is 6.08 Å². The van der Waals surface area contributed by atoms with Crippen molar-refractivity contribution in [3.63, 3.8) is 0 Å². The molecule has 0 atom stereocenters. The highest BCUT2D eigenvalue weighted by Crippen LogP contribution is 2.32. The Bertz CT molecular complexity index is 1410. The van der Waals surface area contributed by atoms with E-state index in [9.17, 15) is 14.7 Å². The van der Waals surface area contributed by atoms with Crippen molar-refractivity contribution in [2.24, 2.45) is 0 Å². The number of carboxylic acids is 1. The Labute approximate surface area is 216 Å². The first kappa shape index (κ1) is 25.3. The Morgan fingerprint density at radius 3 is 2.36 bits per heavy atom. The molecule has 2 heterocycles.